The van der Waals surface area contributed by atoms with E-state index in [9.17, 15) is 0 Å². The van der Waals surface area contributed by atoms with Crippen LogP contribution in [0, 0.1) is 5.92 Å². The maximum absolute atomic E-state index is 8.32. The van der Waals surface area contributed by atoms with Crippen LogP contribution in [-0.2, 0) is 0 Å². The number of rotatable bonds is 5. The standard InChI is InChI=1S/C9H19N3O/c1-9(2,7-3-4-7)11-6-5-8(10)12-13/h7,11,13H,3-6H2,1-2H3,(H2,10,12). The van der Waals surface area contributed by atoms with Gasteiger partial charge in [0.25, 0.3) is 0 Å². The van der Waals surface area contributed by atoms with Gasteiger partial charge in [-0.15, -0.1) is 0 Å². The summed E-state index contributed by atoms with van der Waals surface area (Å²) in [7, 11) is 0. The minimum atomic E-state index is 0.204. The van der Waals surface area contributed by atoms with Crippen LogP contribution in [0.3, 0.4) is 0 Å². The first kappa shape index (κ1) is 10.3. The van der Waals surface area contributed by atoms with Crippen molar-refractivity contribution in [3.63, 3.8) is 0 Å². The summed E-state index contributed by atoms with van der Waals surface area (Å²) >= 11 is 0. The molecule has 0 aromatic rings. The Morgan fingerprint density at radius 3 is 2.69 bits per heavy atom. The summed E-state index contributed by atoms with van der Waals surface area (Å²) < 4.78 is 0. The van der Waals surface area contributed by atoms with Gasteiger partial charge in [-0.25, -0.2) is 0 Å². The van der Waals surface area contributed by atoms with Crippen LogP contribution in [0.25, 0.3) is 0 Å². The Balaban J connectivity index is 2.17. The normalized spacial score (nSPS) is 19.1. The molecule has 0 heterocycles. The molecular formula is C9H19N3O. The third-order valence-corrected chi connectivity index (χ3v) is 2.69. The van der Waals surface area contributed by atoms with Crippen LogP contribution >= 0.6 is 0 Å². The summed E-state index contributed by atoms with van der Waals surface area (Å²) in [5.41, 5.74) is 5.56. The van der Waals surface area contributed by atoms with Crippen LogP contribution in [-0.4, -0.2) is 23.1 Å². The molecule has 0 amide bonds. The smallest absolute Gasteiger partial charge is 0.140 e. The molecule has 0 unspecified atom stereocenters. The highest BCUT2D eigenvalue weighted by atomic mass is 16.4. The minimum Gasteiger partial charge on any atom is -0.409 e. The maximum atomic E-state index is 8.32. The van der Waals surface area contributed by atoms with Gasteiger partial charge in [0.05, 0.1) is 0 Å². The van der Waals surface area contributed by atoms with E-state index in [0.717, 1.165) is 12.5 Å². The third kappa shape index (κ3) is 3.22. The second-order valence-electron chi connectivity index (χ2n) is 4.26. The van der Waals surface area contributed by atoms with Gasteiger partial charge in [-0.3, -0.25) is 0 Å². The van der Waals surface area contributed by atoms with Gasteiger partial charge in [0, 0.05) is 18.5 Å². The average Bonchev–Trinajstić information content (AvgIpc) is 2.85. The Morgan fingerprint density at radius 2 is 2.23 bits per heavy atom. The Labute approximate surface area is 79.2 Å². The van der Waals surface area contributed by atoms with Crippen molar-refractivity contribution < 1.29 is 5.21 Å². The Hall–Kier alpha value is -0.770. The summed E-state index contributed by atoms with van der Waals surface area (Å²) in [6.45, 7) is 5.19. The number of hydrogen-bond acceptors (Lipinski definition) is 3. The summed E-state index contributed by atoms with van der Waals surface area (Å²) in [5, 5.41) is 14.7. The fourth-order valence-corrected chi connectivity index (χ4v) is 1.51. The summed E-state index contributed by atoms with van der Waals surface area (Å²) in [6, 6.07) is 0. The molecule has 0 aromatic carbocycles. The summed E-state index contributed by atoms with van der Waals surface area (Å²) in [6.07, 6.45) is 3.25. The van der Waals surface area contributed by atoms with Crippen molar-refractivity contribution in [1.82, 2.24) is 5.32 Å². The van der Waals surface area contributed by atoms with Crippen molar-refractivity contribution >= 4 is 5.84 Å². The number of oxime groups is 1. The van der Waals surface area contributed by atoms with Gasteiger partial charge in [0.2, 0.25) is 0 Å². The quantitative estimate of drug-likeness (QED) is 0.258. The van der Waals surface area contributed by atoms with Gasteiger partial charge in [-0.2, -0.15) is 0 Å². The van der Waals surface area contributed by atoms with Gasteiger partial charge in [-0.05, 0) is 32.6 Å². The predicted octanol–water partition coefficient (Wildman–Crippen LogP) is 0.901. The van der Waals surface area contributed by atoms with Crippen molar-refractivity contribution in [3.8, 4) is 0 Å². The third-order valence-electron chi connectivity index (χ3n) is 2.69. The Bertz CT molecular complexity index is 197. The number of amidine groups is 1. The molecule has 4 N–H and O–H groups in total. The van der Waals surface area contributed by atoms with E-state index in [4.69, 9.17) is 10.9 Å². The van der Waals surface area contributed by atoms with E-state index < -0.39 is 0 Å². The lowest BCUT2D eigenvalue weighted by atomic mass is 9.99. The van der Waals surface area contributed by atoms with Crippen molar-refractivity contribution in [1.29, 1.82) is 0 Å². The number of nitrogens with zero attached hydrogens (tertiary/aromatic N) is 1. The molecule has 0 spiro atoms. The second kappa shape index (κ2) is 3.96. The fraction of sp³-hybridized carbons (Fsp3) is 0.889. The molecule has 1 fully saturated rings. The lowest BCUT2D eigenvalue weighted by molar-refractivity contribution is 0.314. The molecule has 0 radical (unpaired) electrons. The zero-order valence-electron chi connectivity index (χ0n) is 8.38. The van der Waals surface area contributed by atoms with E-state index in [-0.39, 0.29) is 5.54 Å². The molecule has 0 aromatic heterocycles. The molecule has 76 valence electrons. The van der Waals surface area contributed by atoms with E-state index in [0.29, 0.717) is 12.3 Å². The van der Waals surface area contributed by atoms with Crippen LogP contribution in [0.5, 0.6) is 0 Å². The van der Waals surface area contributed by atoms with Gasteiger partial charge >= 0.3 is 0 Å². The van der Waals surface area contributed by atoms with E-state index in [2.05, 4.69) is 24.3 Å². The highest BCUT2D eigenvalue weighted by Gasteiger charge is 2.36. The fourth-order valence-electron chi connectivity index (χ4n) is 1.51. The first-order chi connectivity index (χ1) is 6.06. The van der Waals surface area contributed by atoms with Gasteiger partial charge in [-0.1, -0.05) is 5.16 Å². The van der Waals surface area contributed by atoms with Crippen molar-refractivity contribution in [2.75, 3.05) is 6.54 Å². The molecule has 1 aliphatic carbocycles. The minimum absolute atomic E-state index is 0.204. The maximum Gasteiger partial charge on any atom is 0.140 e. The highest BCUT2D eigenvalue weighted by Crippen LogP contribution is 2.38. The monoisotopic (exact) mass is 185 g/mol. The van der Waals surface area contributed by atoms with E-state index in [1.165, 1.54) is 12.8 Å². The van der Waals surface area contributed by atoms with Crippen LogP contribution in [0.15, 0.2) is 5.16 Å². The largest absolute Gasteiger partial charge is 0.409 e. The molecular weight excluding hydrogens is 166 g/mol. The average molecular weight is 185 g/mol. The van der Waals surface area contributed by atoms with Gasteiger partial charge in [0.15, 0.2) is 0 Å². The molecule has 4 heteroatoms. The van der Waals surface area contributed by atoms with E-state index in [1.54, 1.807) is 0 Å². The van der Waals surface area contributed by atoms with Crippen molar-refractivity contribution in [3.05, 3.63) is 0 Å². The SMILES string of the molecule is CC(C)(NCCC(N)=NO)C1CC1. The molecule has 13 heavy (non-hydrogen) atoms. The van der Waals surface area contributed by atoms with Crippen molar-refractivity contribution in [2.45, 2.75) is 38.6 Å². The molecule has 1 aliphatic rings. The van der Waals surface area contributed by atoms with Crippen molar-refractivity contribution in [2.24, 2.45) is 16.8 Å². The van der Waals surface area contributed by atoms with Gasteiger partial charge < -0.3 is 16.3 Å². The van der Waals surface area contributed by atoms with Crippen LogP contribution < -0.4 is 11.1 Å². The Kier molecular flexibility index (Phi) is 3.14. The molecule has 4 nitrogen and oxygen atoms in total. The molecule has 1 rings (SSSR count). The lowest BCUT2D eigenvalue weighted by Gasteiger charge is -2.26. The summed E-state index contributed by atoms with van der Waals surface area (Å²) in [4.78, 5) is 0. The topological polar surface area (TPSA) is 70.6 Å². The van der Waals surface area contributed by atoms with Crippen LogP contribution in [0.2, 0.25) is 0 Å². The van der Waals surface area contributed by atoms with Crippen LogP contribution in [0.4, 0.5) is 0 Å². The summed E-state index contributed by atoms with van der Waals surface area (Å²) in [5.74, 6) is 1.10. The molecule has 1 saturated carbocycles. The first-order valence-corrected chi connectivity index (χ1v) is 4.77. The zero-order valence-corrected chi connectivity index (χ0v) is 8.38. The van der Waals surface area contributed by atoms with Crippen LogP contribution in [0.1, 0.15) is 33.1 Å². The van der Waals surface area contributed by atoms with E-state index in [1.807, 2.05) is 0 Å². The molecule has 0 aliphatic heterocycles. The number of hydrogen-bond donors (Lipinski definition) is 3. The highest BCUT2D eigenvalue weighted by molar-refractivity contribution is 5.79. The number of nitrogens with two attached hydrogens (primary N) is 1. The zero-order chi connectivity index (χ0) is 9.90. The molecule has 0 saturated heterocycles. The predicted molar refractivity (Wildman–Crippen MR) is 52.8 cm³/mol. The number of nitrogens with one attached hydrogen (secondary N) is 1. The Morgan fingerprint density at radius 1 is 1.62 bits per heavy atom. The molecule has 0 bridgehead atoms. The first-order valence-electron chi connectivity index (χ1n) is 4.77. The van der Waals surface area contributed by atoms with E-state index >= 15 is 0 Å². The molecule has 0 atom stereocenters. The van der Waals surface area contributed by atoms with Gasteiger partial charge in [0.1, 0.15) is 5.84 Å². The second-order valence-corrected chi connectivity index (χ2v) is 4.26. The lowest BCUT2D eigenvalue weighted by Crippen LogP contribution is -2.42.